The molecule has 25 heavy (non-hydrogen) atoms. The van der Waals surface area contributed by atoms with Crippen LogP contribution < -0.4 is 0 Å². The first kappa shape index (κ1) is 19.4. The van der Waals surface area contributed by atoms with Crippen molar-refractivity contribution in [2.45, 2.75) is 32.2 Å². The van der Waals surface area contributed by atoms with Crippen LogP contribution in [0.5, 0.6) is 0 Å². The largest absolute Gasteiger partial charge is 0.275 e. The number of aryl methyl sites for hydroxylation is 1. The molecule has 0 aromatic heterocycles. The fourth-order valence-electron chi connectivity index (χ4n) is 2.47. The number of benzene rings is 2. The fourth-order valence-corrected chi connectivity index (χ4v) is 4.23. The average molecular weight is 383 g/mol. The fraction of sp³-hybridized carbons (Fsp3) is 0.294. The summed E-state index contributed by atoms with van der Waals surface area (Å²) < 4.78 is 27.2. The molecule has 0 aliphatic rings. The van der Waals surface area contributed by atoms with Crippen LogP contribution in [0.1, 0.15) is 23.6 Å². The van der Waals surface area contributed by atoms with Crippen molar-refractivity contribution in [1.82, 2.24) is 4.31 Å². The molecule has 0 radical (unpaired) electrons. The Morgan fingerprint density at radius 2 is 1.84 bits per heavy atom. The zero-order valence-corrected chi connectivity index (χ0v) is 15.8. The van der Waals surface area contributed by atoms with Gasteiger partial charge in [-0.3, -0.25) is 10.1 Å². The van der Waals surface area contributed by atoms with Crippen LogP contribution in [-0.2, 0) is 16.6 Å². The minimum atomic E-state index is -3.92. The molecule has 0 unspecified atom stereocenters. The Balaban J connectivity index is 2.49. The highest BCUT2D eigenvalue weighted by Crippen LogP contribution is 2.31. The van der Waals surface area contributed by atoms with E-state index in [0.717, 1.165) is 17.2 Å². The molecule has 0 saturated carbocycles. The van der Waals surface area contributed by atoms with Gasteiger partial charge >= 0.3 is 0 Å². The standard InChI is InChI=1S/C17H19ClN2O4S/c1-4-19(11-14-8-6-5-7-12(14)2)25(23,24)15-9-16(18)13(3)17(10-15)20(21)22/h5-10H,4,11H2,1-3H3. The van der Waals surface area contributed by atoms with Crippen LogP contribution in [-0.4, -0.2) is 24.2 Å². The Hall–Kier alpha value is -1.96. The highest BCUT2D eigenvalue weighted by molar-refractivity contribution is 7.89. The molecule has 2 rings (SSSR count). The molecule has 2 aromatic rings. The van der Waals surface area contributed by atoms with Crippen molar-refractivity contribution in [1.29, 1.82) is 0 Å². The van der Waals surface area contributed by atoms with Crippen LogP contribution in [0.3, 0.4) is 0 Å². The van der Waals surface area contributed by atoms with Gasteiger partial charge in [-0.2, -0.15) is 4.31 Å². The number of nitro groups is 1. The second-order valence-corrected chi connectivity index (χ2v) is 8.01. The molecule has 0 fully saturated rings. The summed E-state index contributed by atoms with van der Waals surface area (Å²) >= 11 is 6.01. The van der Waals surface area contributed by atoms with Crippen molar-refractivity contribution >= 4 is 27.3 Å². The normalized spacial score (nSPS) is 11.7. The number of nitro benzene ring substituents is 1. The van der Waals surface area contributed by atoms with E-state index in [-0.39, 0.29) is 34.3 Å². The molecule has 0 bridgehead atoms. The molecule has 0 atom stereocenters. The van der Waals surface area contributed by atoms with Crippen LogP contribution >= 0.6 is 11.6 Å². The molecule has 134 valence electrons. The molecule has 0 heterocycles. The number of nitrogens with zero attached hydrogens (tertiary/aromatic N) is 2. The lowest BCUT2D eigenvalue weighted by Crippen LogP contribution is -2.30. The van der Waals surface area contributed by atoms with E-state index in [4.69, 9.17) is 11.6 Å². The second-order valence-electron chi connectivity index (χ2n) is 5.66. The molecule has 0 N–H and O–H groups in total. The molecular formula is C17H19ClN2O4S. The van der Waals surface area contributed by atoms with Crippen molar-refractivity contribution in [3.8, 4) is 0 Å². The molecule has 0 aliphatic heterocycles. The van der Waals surface area contributed by atoms with Gasteiger partial charge in [-0.1, -0.05) is 42.8 Å². The van der Waals surface area contributed by atoms with Gasteiger partial charge in [0, 0.05) is 24.7 Å². The van der Waals surface area contributed by atoms with E-state index < -0.39 is 14.9 Å². The maximum absolute atomic E-state index is 13.0. The summed E-state index contributed by atoms with van der Waals surface area (Å²) in [5.74, 6) is 0. The van der Waals surface area contributed by atoms with E-state index in [1.807, 2.05) is 31.2 Å². The Bertz CT molecular complexity index is 913. The van der Waals surface area contributed by atoms with Gasteiger partial charge in [-0.15, -0.1) is 0 Å². The lowest BCUT2D eigenvalue weighted by atomic mass is 10.1. The number of halogens is 1. The van der Waals surface area contributed by atoms with E-state index in [0.29, 0.717) is 0 Å². The van der Waals surface area contributed by atoms with Gasteiger partial charge in [-0.25, -0.2) is 8.42 Å². The third-order valence-corrected chi connectivity index (χ3v) is 6.38. The first-order chi connectivity index (χ1) is 11.7. The third-order valence-electron chi connectivity index (χ3n) is 4.09. The van der Waals surface area contributed by atoms with E-state index in [1.54, 1.807) is 6.92 Å². The van der Waals surface area contributed by atoms with Gasteiger partial charge in [0.15, 0.2) is 0 Å². The third kappa shape index (κ3) is 4.00. The van der Waals surface area contributed by atoms with Crippen molar-refractivity contribution in [3.05, 3.63) is 68.2 Å². The van der Waals surface area contributed by atoms with Gasteiger partial charge < -0.3 is 0 Å². The van der Waals surface area contributed by atoms with E-state index >= 15 is 0 Å². The first-order valence-corrected chi connectivity index (χ1v) is 9.49. The van der Waals surface area contributed by atoms with Gasteiger partial charge in [0.05, 0.1) is 14.8 Å². The van der Waals surface area contributed by atoms with Gasteiger partial charge in [0.2, 0.25) is 10.0 Å². The van der Waals surface area contributed by atoms with Gasteiger partial charge in [0.1, 0.15) is 0 Å². The Labute approximate surface area is 152 Å². The van der Waals surface area contributed by atoms with Crippen molar-refractivity contribution in [2.24, 2.45) is 0 Å². The summed E-state index contributed by atoms with van der Waals surface area (Å²) in [5.41, 5.74) is 1.79. The lowest BCUT2D eigenvalue weighted by molar-refractivity contribution is -0.385. The van der Waals surface area contributed by atoms with E-state index in [9.17, 15) is 18.5 Å². The summed E-state index contributed by atoms with van der Waals surface area (Å²) in [4.78, 5) is 10.4. The predicted molar refractivity (Wildman–Crippen MR) is 97.3 cm³/mol. The Morgan fingerprint density at radius 1 is 1.20 bits per heavy atom. The van der Waals surface area contributed by atoms with Crippen LogP contribution in [0.15, 0.2) is 41.3 Å². The maximum Gasteiger partial charge on any atom is 0.275 e. The minimum Gasteiger partial charge on any atom is -0.258 e. The van der Waals surface area contributed by atoms with Crippen molar-refractivity contribution < 1.29 is 13.3 Å². The second kappa shape index (κ2) is 7.51. The molecule has 0 saturated heterocycles. The summed E-state index contributed by atoms with van der Waals surface area (Å²) in [6.45, 7) is 5.53. The molecular weight excluding hydrogens is 364 g/mol. The molecule has 0 amide bonds. The van der Waals surface area contributed by atoms with Crippen molar-refractivity contribution in [3.63, 3.8) is 0 Å². The van der Waals surface area contributed by atoms with Gasteiger partial charge in [-0.05, 0) is 31.0 Å². The van der Waals surface area contributed by atoms with Crippen LogP contribution in [0, 0.1) is 24.0 Å². The zero-order chi connectivity index (χ0) is 18.8. The lowest BCUT2D eigenvalue weighted by Gasteiger charge is -2.22. The topological polar surface area (TPSA) is 80.5 Å². The number of sulfonamides is 1. The van der Waals surface area contributed by atoms with Crippen LogP contribution in [0.4, 0.5) is 5.69 Å². The first-order valence-electron chi connectivity index (χ1n) is 7.67. The number of rotatable bonds is 6. The van der Waals surface area contributed by atoms with Crippen LogP contribution in [0.25, 0.3) is 0 Å². The summed E-state index contributed by atoms with van der Waals surface area (Å²) in [6.07, 6.45) is 0. The number of hydrogen-bond donors (Lipinski definition) is 0. The highest BCUT2D eigenvalue weighted by Gasteiger charge is 2.27. The summed E-state index contributed by atoms with van der Waals surface area (Å²) in [7, 11) is -3.92. The molecule has 0 aliphatic carbocycles. The SMILES string of the molecule is CCN(Cc1ccccc1C)S(=O)(=O)c1cc(Cl)c(C)c([N+](=O)[O-])c1. The average Bonchev–Trinajstić information content (AvgIpc) is 2.55. The molecule has 6 nitrogen and oxygen atoms in total. The Kier molecular flexibility index (Phi) is 5.82. The molecule has 8 heteroatoms. The monoisotopic (exact) mass is 382 g/mol. The zero-order valence-electron chi connectivity index (χ0n) is 14.2. The van der Waals surface area contributed by atoms with Crippen molar-refractivity contribution in [2.75, 3.05) is 6.54 Å². The van der Waals surface area contributed by atoms with E-state index in [1.165, 1.54) is 17.3 Å². The minimum absolute atomic E-state index is 0.0553. The maximum atomic E-state index is 13.0. The van der Waals surface area contributed by atoms with Crippen LogP contribution in [0.2, 0.25) is 5.02 Å². The quantitative estimate of drug-likeness (QED) is 0.557. The summed E-state index contributed by atoms with van der Waals surface area (Å²) in [5, 5.41) is 11.2. The number of hydrogen-bond acceptors (Lipinski definition) is 4. The van der Waals surface area contributed by atoms with Gasteiger partial charge in [0.25, 0.3) is 5.69 Å². The predicted octanol–water partition coefficient (Wildman–Crippen LogP) is 4.08. The molecule has 2 aromatic carbocycles. The Morgan fingerprint density at radius 3 is 2.40 bits per heavy atom. The molecule has 0 spiro atoms. The smallest absolute Gasteiger partial charge is 0.258 e. The summed E-state index contributed by atoms with van der Waals surface area (Å²) in [6, 6.07) is 9.82. The van der Waals surface area contributed by atoms with E-state index in [2.05, 4.69) is 0 Å². The highest BCUT2D eigenvalue weighted by atomic mass is 35.5.